The second-order valence-corrected chi connectivity index (χ2v) is 6.96. The summed E-state index contributed by atoms with van der Waals surface area (Å²) in [6.07, 6.45) is 0. The summed E-state index contributed by atoms with van der Waals surface area (Å²) in [6.45, 7) is 1.72. The third-order valence-corrected chi connectivity index (χ3v) is 5.06. The first kappa shape index (κ1) is 20.5. The molecule has 0 fully saturated rings. The average Bonchev–Trinajstić information content (AvgIpc) is 2.94. The van der Waals surface area contributed by atoms with Crippen molar-refractivity contribution in [2.24, 2.45) is 0 Å². The summed E-state index contributed by atoms with van der Waals surface area (Å²) in [5.41, 5.74) is 1.58. The number of rotatable bonds is 6. The highest BCUT2D eigenvalue weighted by atomic mass is 35.5. The molecule has 29 heavy (non-hydrogen) atoms. The lowest BCUT2D eigenvalue weighted by Gasteiger charge is -2.20. The molecule has 3 rings (SSSR count). The second-order valence-electron chi connectivity index (χ2n) is 6.55. The third kappa shape index (κ3) is 3.72. The number of imide groups is 1. The van der Waals surface area contributed by atoms with Gasteiger partial charge in [0.2, 0.25) is 0 Å². The summed E-state index contributed by atoms with van der Waals surface area (Å²) in [4.78, 5) is 39.3. The Morgan fingerprint density at radius 2 is 1.79 bits per heavy atom. The maximum atomic E-state index is 13.2. The van der Waals surface area contributed by atoms with E-state index in [-0.39, 0.29) is 30.1 Å². The SMILES string of the molecule is Cc1ccc(N2C(=O)C(c3ccc([N+](=O)[O-])cc3)=C(N(C)CCO)C2=O)cc1Cl. The molecule has 1 aliphatic rings. The molecule has 0 aromatic heterocycles. The van der Waals surface area contributed by atoms with Gasteiger partial charge in [0, 0.05) is 30.7 Å². The molecule has 0 atom stereocenters. The van der Waals surface area contributed by atoms with E-state index in [2.05, 4.69) is 0 Å². The summed E-state index contributed by atoms with van der Waals surface area (Å²) in [6, 6.07) is 10.3. The Labute approximate surface area is 171 Å². The fourth-order valence-electron chi connectivity index (χ4n) is 3.10. The molecule has 0 aliphatic carbocycles. The minimum Gasteiger partial charge on any atom is -0.395 e. The van der Waals surface area contributed by atoms with Crippen molar-refractivity contribution in [2.45, 2.75) is 6.92 Å². The van der Waals surface area contributed by atoms with Gasteiger partial charge in [0.15, 0.2) is 0 Å². The number of carbonyl (C=O) groups excluding carboxylic acids is 2. The van der Waals surface area contributed by atoms with E-state index in [1.807, 2.05) is 0 Å². The van der Waals surface area contributed by atoms with E-state index >= 15 is 0 Å². The Balaban J connectivity index is 2.12. The van der Waals surface area contributed by atoms with E-state index in [1.54, 1.807) is 26.1 Å². The summed E-state index contributed by atoms with van der Waals surface area (Å²) >= 11 is 6.17. The highest BCUT2D eigenvalue weighted by molar-refractivity contribution is 6.45. The lowest BCUT2D eigenvalue weighted by molar-refractivity contribution is -0.384. The molecule has 0 saturated carbocycles. The number of aliphatic hydroxyl groups excluding tert-OH is 1. The van der Waals surface area contributed by atoms with Gasteiger partial charge in [-0.2, -0.15) is 0 Å². The maximum Gasteiger partial charge on any atom is 0.282 e. The van der Waals surface area contributed by atoms with Crippen LogP contribution in [0.1, 0.15) is 11.1 Å². The predicted octanol–water partition coefficient (Wildman–Crippen LogP) is 2.77. The van der Waals surface area contributed by atoms with Gasteiger partial charge in [-0.05, 0) is 42.3 Å². The number of halogens is 1. The number of amides is 2. The first-order valence-electron chi connectivity index (χ1n) is 8.72. The van der Waals surface area contributed by atoms with Crippen LogP contribution >= 0.6 is 11.6 Å². The summed E-state index contributed by atoms with van der Waals surface area (Å²) in [5, 5.41) is 20.6. The lowest BCUT2D eigenvalue weighted by atomic mass is 10.0. The molecule has 0 bridgehead atoms. The van der Waals surface area contributed by atoms with Crippen LogP contribution in [0.15, 0.2) is 48.2 Å². The number of non-ortho nitro benzene ring substituents is 1. The topological polar surface area (TPSA) is 104 Å². The Morgan fingerprint density at radius 3 is 2.34 bits per heavy atom. The Morgan fingerprint density at radius 1 is 1.14 bits per heavy atom. The van der Waals surface area contributed by atoms with Crippen molar-refractivity contribution in [3.8, 4) is 0 Å². The van der Waals surface area contributed by atoms with Gasteiger partial charge in [-0.3, -0.25) is 19.7 Å². The van der Waals surface area contributed by atoms with E-state index in [4.69, 9.17) is 11.6 Å². The Hall–Kier alpha value is -3.23. The summed E-state index contributed by atoms with van der Waals surface area (Å²) in [5.74, 6) is -1.12. The second kappa shape index (κ2) is 8.02. The number of aryl methyl sites for hydroxylation is 1. The molecule has 8 nitrogen and oxygen atoms in total. The van der Waals surface area contributed by atoms with Gasteiger partial charge in [-0.15, -0.1) is 0 Å². The van der Waals surface area contributed by atoms with Gasteiger partial charge in [0.1, 0.15) is 5.70 Å². The summed E-state index contributed by atoms with van der Waals surface area (Å²) in [7, 11) is 1.59. The van der Waals surface area contributed by atoms with Crippen LogP contribution in [0.3, 0.4) is 0 Å². The van der Waals surface area contributed by atoms with Crippen LogP contribution in [-0.4, -0.2) is 46.9 Å². The molecule has 1 heterocycles. The van der Waals surface area contributed by atoms with Crippen LogP contribution in [0.2, 0.25) is 5.02 Å². The zero-order valence-electron chi connectivity index (χ0n) is 15.8. The molecule has 1 N–H and O–H groups in total. The predicted molar refractivity (Wildman–Crippen MR) is 108 cm³/mol. The Kier molecular flexibility index (Phi) is 5.67. The number of likely N-dealkylation sites (N-methyl/N-ethyl adjacent to an activating group) is 1. The van der Waals surface area contributed by atoms with E-state index < -0.39 is 16.7 Å². The van der Waals surface area contributed by atoms with Crippen LogP contribution in [0, 0.1) is 17.0 Å². The monoisotopic (exact) mass is 415 g/mol. The number of nitro groups is 1. The van der Waals surface area contributed by atoms with Crippen LogP contribution in [0.4, 0.5) is 11.4 Å². The molecular weight excluding hydrogens is 398 g/mol. The highest BCUT2D eigenvalue weighted by Crippen LogP contribution is 2.36. The van der Waals surface area contributed by atoms with Crippen LogP contribution in [0.5, 0.6) is 0 Å². The van der Waals surface area contributed by atoms with Crippen molar-refractivity contribution in [3.05, 3.63) is 74.4 Å². The normalized spacial score (nSPS) is 14.0. The molecule has 9 heteroatoms. The van der Waals surface area contributed by atoms with E-state index in [0.29, 0.717) is 16.3 Å². The van der Waals surface area contributed by atoms with Crippen molar-refractivity contribution in [1.29, 1.82) is 0 Å². The quantitative estimate of drug-likeness (QED) is 0.442. The number of nitrogens with zero attached hydrogens (tertiary/aromatic N) is 3. The smallest absolute Gasteiger partial charge is 0.282 e. The zero-order chi connectivity index (χ0) is 21.3. The van der Waals surface area contributed by atoms with Gasteiger partial charge in [-0.25, -0.2) is 4.90 Å². The largest absolute Gasteiger partial charge is 0.395 e. The van der Waals surface area contributed by atoms with E-state index in [1.165, 1.54) is 35.2 Å². The van der Waals surface area contributed by atoms with E-state index in [9.17, 15) is 24.8 Å². The molecule has 150 valence electrons. The van der Waals surface area contributed by atoms with Gasteiger partial charge in [0.05, 0.1) is 22.8 Å². The minimum atomic E-state index is -0.566. The molecule has 2 aromatic rings. The molecule has 0 saturated heterocycles. The van der Waals surface area contributed by atoms with Gasteiger partial charge in [0.25, 0.3) is 17.5 Å². The third-order valence-electron chi connectivity index (χ3n) is 4.66. The van der Waals surface area contributed by atoms with Crippen LogP contribution in [0.25, 0.3) is 5.57 Å². The molecule has 2 aromatic carbocycles. The first-order chi connectivity index (χ1) is 13.8. The van der Waals surface area contributed by atoms with Crippen molar-refractivity contribution in [2.75, 3.05) is 25.1 Å². The van der Waals surface area contributed by atoms with Crippen LogP contribution in [-0.2, 0) is 9.59 Å². The van der Waals surface area contributed by atoms with E-state index in [0.717, 1.165) is 10.5 Å². The molecule has 1 aliphatic heterocycles. The number of hydrogen-bond donors (Lipinski definition) is 1. The number of aliphatic hydroxyl groups is 1. The van der Waals surface area contributed by atoms with Gasteiger partial charge >= 0.3 is 0 Å². The minimum absolute atomic E-state index is 0.106. The fourth-order valence-corrected chi connectivity index (χ4v) is 3.27. The number of hydrogen-bond acceptors (Lipinski definition) is 6. The molecule has 2 amide bonds. The van der Waals surface area contributed by atoms with Crippen molar-refractivity contribution >= 4 is 40.4 Å². The van der Waals surface area contributed by atoms with Crippen molar-refractivity contribution in [1.82, 2.24) is 4.90 Å². The fraction of sp³-hybridized carbons (Fsp3) is 0.200. The molecular formula is C20H18ClN3O5. The standard InChI is InChI=1S/C20H18ClN3O5/c1-12-3-6-15(11-16(12)21)23-19(26)17(18(20(23)27)22(2)9-10-25)13-4-7-14(8-5-13)24(28)29/h3-8,11,25H,9-10H2,1-2H3. The number of carbonyl (C=O) groups is 2. The number of nitro benzene ring substituents is 1. The van der Waals surface area contributed by atoms with Gasteiger partial charge in [-0.1, -0.05) is 17.7 Å². The number of anilines is 1. The van der Waals surface area contributed by atoms with Crippen LogP contribution < -0.4 is 4.90 Å². The van der Waals surface area contributed by atoms with Crippen molar-refractivity contribution in [3.63, 3.8) is 0 Å². The first-order valence-corrected chi connectivity index (χ1v) is 9.10. The number of benzene rings is 2. The zero-order valence-corrected chi connectivity index (χ0v) is 16.5. The van der Waals surface area contributed by atoms with Gasteiger partial charge < -0.3 is 10.0 Å². The molecule has 0 unspecified atom stereocenters. The molecule has 0 spiro atoms. The highest BCUT2D eigenvalue weighted by Gasteiger charge is 2.41. The Bertz CT molecular complexity index is 1030. The average molecular weight is 416 g/mol. The maximum absolute atomic E-state index is 13.2. The van der Waals surface area contributed by atoms with Crippen molar-refractivity contribution < 1.29 is 19.6 Å². The summed E-state index contributed by atoms with van der Waals surface area (Å²) < 4.78 is 0. The lowest BCUT2D eigenvalue weighted by Crippen LogP contribution is -2.34. The molecule has 0 radical (unpaired) electrons.